The molecule has 0 saturated heterocycles. The molecule has 0 aliphatic carbocycles. The number of Topliss-reactive ketones (excluding diaryl/α,β-unsaturated/α-hetero) is 2. The zero-order chi connectivity index (χ0) is 12.1. The minimum absolute atomic E-state index is 0.141. The molecule has 0 heterocycles. The summed E-state index contributed by atoms with van der Waals surface area (Å²) in [4.78, 5) is 22.3. The highest BCUT2D eigenvalue weighted by Gasteiger charge is 2.15. The Bertz CT molecular complexity index is 404. The molecule has 1 aromatic rings. The van der Waals surface area contributed by atoms with E-state index in [-0.39, 0.29) is 11.6 Å². The average molecular weight is 237 g/mol. The summed E-state index contributed by atoms with van der Waals surface area (Å²) in [6.45, 7) is 2.83. The molecule has 1 rings (SSSR count). The van der Waals surface area contributed by atoms with Gasteiger partial charge in [0.05, 0.1) is 5.92 Å². The van der Waals surface area contributed by atoms with Gasteiger partial charge >= 0.3 is 0 Å². The third-order valence-corrected chi connectivity index (χ3v) is 2.48. The first kappa shape index (κ1) is 12.7. The van der Waals surface area contributed by atoms with Crippen molar-refractivity contribution in [2.75, 3.05) is 0 Å². The van der Waals surface area contributed by atoms with E-state index in [4.69, 9.17) is 11.6 Å². The van der Waals surface area contributed by atoms with Gasteiger partial charge in [0.15, 0.2) is 0 Å². The monoisotopic (exact) mass is 236 g/mol. The van der Waals surface area contributed by atoms with Crippen LogP contribution in [0.5, 0.6) is 0 Å². The largest absolute Gasteiger partial charge is 0.299 e. The summed E-state index contributed by atoms with van der Waals surface area (Å²) < 4.78 is 0. The number of carbonyl (C=O) groups excluding carboxylic acids is 2. The van der Waals surface area contributed by atoms with Crippen LogP contribution in [0.25, 0.3) is 6.08 Å². The van der Waals surface area contributed by atoms with Gasteiger partial charge in [0.25, 0.3) is 0 Å². The lowest BCUT2D eigenvalue weighted by atomic mass is 9.99. The third-order valence-electron chi connectivity index (χ3n) is 2.23. The SMILES string of the molecule is CC(=O)C(/C=C/c1ccc(Cl)cc1)C(C)=O. The fraction of sp³-hybridized carbons (Fsp3) is 0.231. The summed E-state index contributed by atoms with van der Waals surface area (Å²) in [5.41, 5.74) is 0.914. The minimum Gasteiger partial charge on any atom is -0.299 e. The molecule has 3 heteroatoms. The van der Waals surface area contributed by atoms with Gasteiger partial charge in [-0.05, 0) is 31.5 Å². The molecule has 0 saturated carbocycles. The van der Waals surface area contributed by atoms with Gasteiger partial charge in [-0.2, -0.15) is 0 Å². The number of hydrogen-bond acceptors (Lipinski definition) is 2. The van der Waals surface area contributed by atoms with Gasteiger partial charge in [-0.25, -0.2) is 0 Å². The Balaban J connectivity index is 2.82. The first-order chi connectivity index (χ1) is 7.50. The maximum absolute atomic E-state index is 11.2. The van der Waals surface area contributed by atoms with Crippen molar-refractivity contribution in [3.63, 3.8) is 0 Å². The smallest absolute Gasteiger partial charge is 0.144 e. The van der Waals surface area contributed by atoms with Gasteiger partial charge in [-0.3, -0.25) is 9.59 Å². The van der Waals surface area contributed by atoms with Crippen LogP contribution in [0, 0.1) is 5.92 Å². The lowest BCUT2D eigenvalue weighted by molar-refractivity contribution is -0.128. The molecule has 0 spiro atoms. The molecular formula is C13H13ClO2. The van der Waals surface area contributed by atoms with E-state index in [2.05, 4.69) is 0 Å². The molecule has 0 bridgehead atoms. The first-order valence-corrected chi connectivity index (χ1v) is 5.33. The van der Waals surface area contributed by atoms with E-state index in [1.54, 1.807) is 24.3 Å². The van der Waals surface area contributed by atoms with E-state index in [9.17, 15) is 9.59 Å². The van der Waals surface area contributed by atoms with Crippen LogP contribution in [-0.4, -0.2) is 11.6 Å². The van der Waals surface area contributed by atoms with Gasteiger partial charge in [0.2, 0.25) is 0 Å². The van der Waals surface area contributed by atoms with Crippen molar-refractivity contribution in [1.29, 1.82) is 0 Å². The number of rotatable bonds is 4. The molecule has 2 nitrogen and oxygen atoms in total. The topological polar surface area (TPSA) is 34.1 Å². The summed E-state index contributed by atoms with van der Waals surface area (Å²) in [5, 5.41) is 0.659. The van der Waals surface area contributed by atoms with E-state index in [0.29, 0.717) is 5.02 Å². The molecule has 0 aliphatic heterocycles. The highest BCUT2D eigenvalue weighted by atomic mass is 35.5. The summed E-state index contributed by atoms with van der Waals surface area (Å²) in [7, 11) is 0. The Kier molecular flexibility index (Phi) is 4.44. The molecule has 0 aromatic heterocycles. The van der Waals surface area contributed by atoms with Crippen molar-refractivity contribution in [2.24, 2.45) is 5.92 Å². The Hall–Kier alpha value is -1.41. The second-order valence-corrected chi connectivity index (χ2v) is 4.05. The quantitative estimate of drug-likeness (QED) is 0.753. The second-order valence-electron chi connectivity index (χ2n) is 3.61. The van der Waals surface area contributed by atoms with Crippen molar-refractivity contribution >= 4 is 29.2 Å². The molecule has 1 aromatic carbocycles. The van der Waals surface area contributed by atoms with Gasteiger partial charge in [0.1, 0.15) is 11.6 Å². The number of halogens is 1. The molecule has 0 N–H and O–H groups in total. The standard InChI is InChI=1S/C13H13ClO2/c1-9(15)13(10(2)16)8-5-11-3-6-12(14)7-4-11/h3-8,13H,1-2H3/b8-5+. The predicted molar refractivity (Wildman–Crippen MR) is 65.3 cm³/mol. The van der Waals surface area contributed by atoms with Crippen molar-refractivity contribution in [3.05, 3.63) is 40.9 Å². The van der Waals surface area contributed by atoms with Crippen molar-refractivity contribution < 1.29 is 9.59 Å². The van der Waals surface area contributed by atoms with Crippen LogP contribution in [0.2, 0.25) is 5.02 Å². The molecule has 0 radical (unpaired) electrons. The van der Waals surface area contributed by atoms with Crippen molar-refractivity contribution in [1.82, 2.24) is 0 Å². The fourth-order valence-corrected chi connectivity index (χ4v) is 1.46. The summed E-state index contributed by atoms with van der Waals surface area (Å²) in [5.74, 6) is -0.925. The minimum atomic E-state index is -0.643. The van der Waals surface area contributed by atoms with Crippen LogP contribution in [-0.2, 0) is 9.59 Å². The van der Waals surface area contributed by atoms with Gasteiger partial charge in [-0.1, -0.05) is 35.9 Å². The number of carbonyl (C=O) groups is 2. The van der Waals surface area contributed by atoms with Crippen molar-refractivity contribution in [2.45, 2.75) is 13.8 Å². The molecule has 0 aliphatic rings. The van der Waals surface area contributed by atoms with E-state index < -0.39 is 5.92 Å². The van der Waals surface area contributed by atoms with Gasteiger partial charge in [0, 0.05) is 5.02 Å². The van der Waals surface area contributed by atoms with Gasteiger partial charge in [-0.15, -0.1) is 0 Å². The maximum Gasteiger partial charge on any atom is 0.144 e. The van der Waals surface area contributed by atoms with Crippen LogP contribution in [0.15, 0.2) is 30.3 Å². The Morgan fingerprint density at radius 1 is 1.12 bits per heavy atom. The maximum atomic E-state index is 11.2. The van der Waals surface area contributed by atoms with E-state index in [1.165, 1.54) is 13.8 Å². The van der Waals surface area contributed by atoms with Crippen LogP contribution < -0.4 is 0 Å². The fourth-order valence-electron chi connectivity index (χ4n) is 1.34. The zero-order valence-electron chi connectivity index (χ0n) is 9.24. The zero-order valence-corrected chi connectivity index (χ0v) is 9.99. The Morgan fingerprint density at radius 3 is 2.06 bits per heavy atom. The van der Waals surface area contributed by atoms with E-state index in [1.807, 2.05) is 12.1 Å². The van der Waals surface area contributed by atoms with Gasteiger partial charge < -0.3 is 0 Å². The predicted octanol–water partition coefficient (Wildman–Crippen LogP) is 3.15. The lowest BCUT2D eigenvalue weighted by Crippen LogP contribution is -2.16. The van der Waals surface area contributed by atoms with Crippen LogP contribution in [0.3, 0.4) is 0 Å². The van der Waals surface area contributed by atoms with E-state index in [0.717, 1.165) is 5.56 Å². The molecule has 0 amide bonds. The second kappa shape index (κ2) is 5.61. The molecular weight excluding hydrogens is 224 g/mol. The van der Waals surface area contributed by atoms with Crippen LogP contribution in [0.4, 0.5) is 0 Å². The molecule has 0 atom stereocenters. The molecule has 16 heavy (non-hydrogen) atoms. The number of allylic oxidation sites excluding steroid dienone is 1. The van der Waals surface area contributed by atoms with Crippen molar-refractivity contribution in [3.8, 4) is 0 Å². The number of benzene rings is 1. The Morgan fingerprint density at radius 2 is 1.62 bits per heavy atom. The lowest BCUT2D eigenvalue weighted by Gasteiger charge is -2.03. The highest BCUT2D eigenvalue weighted by molar-refractivity contribution is 6.30. The normalized spacial score (nSPS) is 11.0. The summed E-state index contributed by atoms with van der Waals surface area (Å²) in [6, 6.07) is 7.18. The average Bonchev–Trinajstić information content (AvgIpc) is 2.20. The first-order valence-electron chi connectivity index (χ1n) is 4.95. The number of hydrogen-bond donors (Lipinski definition) is 0. The molecule has 0 fully saturated rings. The number of ketones is 2. The molecule has 84 valence electrons. The van der Waals surface area contributed by atoms with Crippen LogP contribution in [0.1, 0.15) is 19.4 Å². The van der Waals surface area contributed by atoms with Crippen LogP contribution >= 0.6 is 11.6 Å². The summed E-state index contributed by atoms with van der Waals surface area (Å²) >= 11 is 5.74. The Labute approximate surface area is 99.9 Å². The molecule has 0 unspecified atom stereocenters. The highest BCUT2D eigenvalue weighted by Crippen LogP contribution is 2.12. The van der Waals surface area contributed by atoms with E-state index >= 15 is 0 Å². The summed E-state index contributed by atoms with van der Waals surface area (Å²) in [6.07, 6.45) is 3.37. The third kappa shape index (κ3) is 3.63.